The lowest BCUT2D eigenvalue weighted by atomic mass is 9.76. The Hall–Kier alpha value is -0.665. The predicted molar refractivity (Wildman–Crippen MR) is 78.4 cm³/mol. The molecule has 3 N–H and O–H groups in total. The largest absolute Gasteiger partial charge is 0.598 e. The van der Waals surface area contributed by atoms with Crippen molar-refractivity contribution in [2.75, 3.05) is 0 Å². The summed E-state index contributed by atoms with van der Waals surface area (Å²) in [6.45, 7) is 5.73. The highest BCUT2D eigenvalue weighted by Crippen LogP contribution is 2.40. The molecule has 6 nitrogen and oxygen atoms in total. The predicted octanol–water partition coefficient (Wildman–Crippen LogP) is -0.413. The molecule has 1 atom stereocenters. The molecule has 1 aromatic heterocycles. The van der Waals surface area contributed by atoms with Crippen LogP contribution in [0.1, 0.15) is 45.9 Å². The van der Waals surface area contributed by atoms with E-state index in [0.29, 0.717) is 5.82 Å². The van der Waals surface area contributed by atoms with Crippen molar-refractivity contribution in [2.24, 2.45) is 0 Å². The molecule has 0 aliphatic heterocycles. The van der Waals surface area contributed by atoms with Crippen molar-refractivity contribution >= 4 is 23.9 Å². The summed E-state index contributed by atoms with van der Waals surface area (Å²) in [7, 11) is -1.57. The van der Waals surface area contributed by atoms with E-state index in [0.717, 1.165) is 19.3 Å². The van der Waals surface area contributed by atoms with Gasteiger partial charge in [-0.05, 0) is 40.0 Å². The van der Waals surface area contributed by atoms with Gasteiger partial charge in [-0.2, -0.15) is 0 Å². The molecule has 0 amide bonds. The lowest BCUT2D eigenvalue weighted by Gasteiger charge is -2.42. The summed E-state index contributed by atoms with van der Waals surface area (Å²) in [5.74, 6) is 0.561. The highest BCUT2D eigenvalue weighted by Gasteiger charge is 2.47. The molecule has 110 valence electrons. The molecule has 2 rings (SSSR count). The topological polar surface area (TPSA) is 101 Å². The lowest BCUT2D eigenvalue weighted by Crippen LogP contribution is -2.55. The second kappa shape index (κ2) is 5.61. The number of nitrogens with one attached hydrogen (secondary N) is 1. The molecule has 0 aromatic carbocycles. The van der Waals surface area contributed by atoms with E-state index < -0.39 is 24.0 Å². The zero-order valence-electron chi connectivity index (χ0n) is 12.0. The van der Waals surface area contributed by atoms with E-state index >= 15 is 0 Å². The minimum Gasteiger partial charge on any atom is -0.598 e. The van der Waals surface area contributed by atoms with Crippen molar-refractivity contribution in [3.05, 3.63) is 18.2 Å². The van der Waals surface area contributed by atoms with Gasteiger partial charge in [0, 0.05) is 29.2 Å². The molecule has 0 bridgehead atoms. The smallest absolute Gasteiger partial charge is 0.491 e. The molecule has 0 saturated heterocycles. The number of rotatable bonds is 4. The lowest BCUT2D eigenvalue weighted by molar-refractivity contribution is 0.208. The Bertz CT molecular complexity index is 460. The van der Waals surface area contributed by atoms with Gasteiger partial charge in [-0.1, -0.05) is 0 Å². The molecule has 1 heterocycles. The molecule has 1 aliphatic carbocycles. The molecule has 1 fully saturated rings. The maximum atomic E-state index is 12.3. The first-order valence-corrected chi connectivity index (χ1v) is 7.78. The molecular weight excluding hydrogens is 277 g/mol. The van der Waals surface area contributed by atoms with E-state index in [4.69, 9.17) is 10.0 Å². The van der Waals surface area contributed by atoms with Crippen molar-refractivity contribution in [1.82, 2.24) is 14.7 Å². The van der Waals surface area contributed by atoms with E-state index in [1.54, 1.807) is 0 Å². The van der Waals surface area contributed by atoms with Gasteiger partial charge < -0.3 is 14.6 Å². The van der Waals surface area contributed by atoms with Crippen molar-refractivity contribution < 1.29 is 14.6 Å². The minimum absolute atomic E-state index is 0.250. The number of hydrogen-bond acceptors (Lipinski definition) is 6. The molecule has 1 aromatic rings. The van der Waals surface area contributed by atoms with E-state index in [-0.39, 0.29) is 10.2 Å². The Kier molecular flexibility index (Phi) is 4.41. The molecule has 1 saturated carbocycles. The van der Waals surface area contributed by atoms with Crippen LogP contribution >= 0.6 is 0 Å². The normalized spacial score (nSPS) is 19.3. The fraction of sp³-hybridized carbons (Fsp3) is 0.667. The Morgan fingerprint density at radius 3 is 2.20 bits per heavy atom. The fourth-order valence-electron chi connectivity index (χ4n) is 1.95. The van der Waals surface area contributed by atoms with Gasteiger partial charge >= 0.3 is 7.12 Å². The van der Waals surface area contributed by atoms with Crippen LogP contribution < -0.4 is 10.2 Å². The number of nitrogens with zero attached hydrogens (tertiary/aromatic N) is 2. The summed E-state index contributed by atoms with van der Waals surface area (Å²) in [5, 5.41) is 18.1. The van der Waals surface area contributed by atoms with E-state index in [1.165, 1.54) is 12.4 Å². The third kappa shape index (κ3) is 3.15. The summed E-state index contributed by atoms with van der Waals surface area (Å²) in [4.78, 5) is 8.40. The van der Waals surface area contributed by atoms with Gasteiger partial charge in [0.25, 0.3) is 0 Å². The van der Waals surface area contributed by atoms with Crippen molar-refractivity contribution in [1.29, 1.82) is 0 Å². The molecular formula is C12H20BN3O3S. The average molecular weight is 297 g/mol. The van der Waals surface area contributed by atoms with Crippen LogP contribution in [-0.2, 0) is 16.9 Å². The van der Waals surface area contributed by atoms with Crippen LogP contribution in [0.25, 0.3) is 0 Å². The monoisotopic (exact) mass is 297 g/mol. The van der Waals surface area contributed by atoms with Crippen molar-refractivity contribution in [3.63, 3.8) is 0 Å². The second-order valence-electron chi connectivity index (χ2n) is 6.13. The highest BCUT2D eigenvalue weighted by atomic mass is 32.2. The van der Waals surface area contributed by atoms with Gasteiger partial charge in [0.05, 0.1) is 0 Å². The third-order valence-corrected chi connectivity index (χ3v) is 5.14. The zero-order valence-corrected chi connectivity index (χ0v) is 12.8. The van der Waals surface area contributed by atoms with E-state index in [1.807, 2.05) is 20.8 Å². The fourth-order valence-corrected chi connectivity index (χ4v) is 2.91. The minimum atomic E-state index is -1.57. The van der Waals surface area contributed by atoms with E-state index in [2.05, 4.69) is 14.7 Å². The van der Waals surface area contributed by atoms with Crippen LogP contribution in [0.5, 0.6) is 0 Å². The maximum absolute atomic E-state index is 12.3. The first kappa shape index (κ1) is 15.7. The SMILES string of the molecule is CC(C)(C)[S+]([O-])NC1(c2ncc(B(O)O)cn2)CCC1. The molecule has 20 heavy (non-hydrogen) atoms. The summed E-state index contributed by atoms with van der Waals surface area (Å²) in [5.41, 5.74) is -0.211. The Labute approximate surface area is 122 Å². The summed E-state index contributed by atoms with van der Waals surface area (Å²) in [6.07, 6.45) is 5.48. The van der Waals surface area contributed by atoms with Crippen LogP contribution in [0.2, 0.25) is 0 Å². The first-order valence-electron chi connectivity index (χ1n) is 6.63. The third-order valence-electron chi connectivity index (χ3n) is 3.45. The van der Waals surface area contributed by atoms with Gasteiger partial charge in [-0.3, -0.25) is 0 Å². The number of aromatic nitrogens is 2. The van der Waals surface area contributed by atoms with Crippen LogP contribution in [-0.4, -0.2) is 36.4 Å². The quantitative estimate of drug-likeness (QED) is 0.516. The highest BCUT2D eigenvalue weighted by molar-refractivity contribution is 7.90. The van der Waals surface area contributed by atoms with Crippen molar-refractivity contribution in [2.45, 2.75) is 50.3 Å². The zero-order chi connectivity index (χ0) is 15.0. The molecule has 1 aliphatic rings. The number of hydrogen-bond donors (Lipinski definition) is 3. The first-order chi connectivity index (χ1) is 9.24. The molecule has 0 spiro atoms. The van der Waals surface area contributed by atoms with Gasteiger partial charge in [0.15, 0.2) is 5.82 Å². The van der Waals surface area contributed by atoms with Crippen LogP contribution in [0.4, 0.5) is 0 Å². The summed E-state index contributed by atoms with van der Waals surface area (Å²) in [6, 6.07) is 0. The summed E-state index contributed by atoms with van der Waals surface area (Å²) < 4.78 is 15.1. The maximum Gasteiger partial charge on any atom is 0.491 e. The Morgan fingerprint density at radius 1 is 1.30 bits per heavy atom. The van der Waals surface area contributed by atoms with Crippen LogP contribution in [0.15, 0.2) is 12.4 Å². The Balaban J connectivity index is 2.18. The molecule has 1 unspecified atom stereocenters. The second-order valence-corrected chi connectivity index (χ2v) is 8.10. The average Bonchev–Trinajstić information content (AvgIpc) is 2.32. The molecule has 0 radical (unpaired) electrons. The van der Waals surface area contributed by atoms with E-state index in [9.17, 15) is 4.55 Å². The Morgan fingerprint density at radius 2 is 1.85 bits per heavy atom. The van der Waals surface area contributed by atoms with Gasteiger partial charge in [-0.15, -0.1) is 4.72 Å². The van der Waals surface area contributed by atoms with Crippen molar-refractivity contribution in [3.8, 4) is 0 Å². The van der Waals surface area contributed by atoms with Gasteiger partial charge in [0.2, 0.25) is 0 Å². The van der Waals surface area contributed by atoms with Gasteiger partial charge in [0.1, 0.15) is 10.3 Å². The standard InChI is InChI=1S/C12H20BN3O3S/c1-11(2,3)20(19)16-12(5-4-6-12)10-14-7-9(8-15-10)13(17)18/h7-8,16-18H,4-6H2,1-3H3. The molecule has 8 heteroatoms. The van der Waals surface area contributed by atoms with Crippen LogP contribution in [0.3, 0.4) is 0 Å². The van der Waals surface area contributed by atoms with Gasteiger partial charge in [-0.25, -0.2) is 9.97 Å². The summed E-state index contributed by atoms with van der Waals surface area (Å²) >= 11 is -1.20. The van der Waals surface area contributed by atoms with Crippen LogP contribution in [0, 0.1) is 0 Å².